The molecule has 0 bridgehead atoms. The van der Waals surface area contributed by atoms with Crippen molar-refractivity contribution in [1.82, 2.24) is 15.0 Å². The topological polar surface area (TPSA) is 99.8 Å². The summed E-state index contributed by atoms with van der Waals surface area (Å²) in [5.41, 5.74) is 10.2. The maximum atomic E-state index is 10.3. The van der Waals surface area contributed by atoms with Gasteiger partial charge in [-0.25, -0.2) is 9.97 Å². The minimum Gasteiger partial charge on any atom is -0.507 e. The third-order valence-corrected chi connectivity index (χ3v) is 5.44. The molecule has 6 nitrogen and oxygen atoms in total. The molecule has 154 valence electrons. The van der Waals surface area contributed by atoms with Gasteiger partial charge in [-0.3, -0.25) is 0 Å². The summed E-state index contributed by atoms with van der Waals surface area (Å²) in [6.45, 7) is 0.556. The third-order valence-electron chi connectivity index (χ3n) is 5.44. The van der Waals surface area contributed by atoms with Gasteiger partial charge in [-0.15, -0.1) is 0 Å². The van der Waals surface area contributed by atoms with Gasteiger partial charge in [0.2, 0.25) is 0 Å². The molecule has 0 amide bonds. The summed E-state index contributed by atoms with van der Waals surface area (Å²) in [6, 6.07) is 23.1. The second-order valence-electron chi connectivity index (χ2n) is 7.63. The number of phenols is 1. The van der Waals surface area contributed by atoms with E-state index in [0.29, 0.717) is 23.8 Å². The first-order valence-electron chi connectivity index (χ1n) is 10.3. The van der Waals surface area contributed by atoms with Crippen LogP contribution >= 0.6 is 0 Å². The summed E-state index contributed by atoms with van der Waals surface area (Å²) in [6.07, 6.45) is 2.77. The van der Waals surface area contributed by atoms with E-state index in [1.807, 2.05) is 54.7 Å². The third kappa shape index (κ3) is 3.81. The maximum absolute atomic E-state index is 10.3. The lowest BCUT2D eigenvalue weighted by molar-refractivity contribution is 0.477. The molecule has 2 aromatic heterocycles. The van der Waals surface area contributed by atoms with Gasteiger partial charge in [-0.1, -0.05) is 42.5 Å². The average molecular weight is 409 g/mol. The number of nitrogens with one attached hydrogen (secondary N) is 2. The lowest BCUT2D eigenvalue weighted by Crippen LogP contribution is -2.31. The largest absolute Gasteiger partial charge is 0.507 e. The highest BCUT2D eigenvalue weighted by Gasteiger charge is 2.14. The van der Waals surface area contributed by atoms with Gasteiger partial charge in [0.25, 0.3) is 0 Å². The highest BCUT2D eigenvalue weighted by atomic mass is 16.3. The number of aromatic hydroxyl groups is 1. The molecule has 0 spiro atoms. The fourth-order valence-corrected chi connectivity index (χ4v) is 3.88. The fraction of sp³-hybridized carbons (Fsp3) is 0.120. The predicted molar refractivity (Wildman–Crippen MR) is 125 cm³/mol. The summed E-state index contributed by atoms with van der Waals surface area (Å²) in [5.74, 6) is 1.34. The number of fused-ring (bicyclic) bond motifs is 2. The van der Waals surface area contributed by atoms with Crippen molar-refractivity contribution < 1.29 is 5.11 Å². The number of para-hydroxylation sites is 3. The molecule has 5 aromatic rings. The zero-order chi connectivity index (χ0) is 21.2. The van der Waals surface area contributed by atoms with Crippen molar-refractivity contribution >= 4 is 27.6 Å². The molecule has 0 aliphatic carbocycles. The minimum atomic E-state index is -0.0958. The van der Waals surface area contributed by atoms with Crippen LogP contribution in [0.2, 0.25) is 0 Å². The number of aromatic amines is 1. The van der Waals surface area contributed by atoms with Crippen LogP contribution in [0.5, 0.6) is 5.75 Å². The Labute approximate surface area is 179 Å². The number of hydrogen-bond donors (Lipinski definition) is 4. The van der Waals surface area contributed by atoms with E-state index in [2.05, 4.69) is 27.4 Å². The van der Waals surface area contributed by atoms with Crippen LogP contribution in [-0.2, 0) is 6.42 Å². The lowest BCUT2D eigenvalue weighted by atomic mass is 10.1. The highest BCUT2D eigenvalue weighted by molar-refractivity contribution is 5.91. The van der Waals surface area contributed by atoms with Crippen LogP contribution in [0.15, 0.2) is 79.0 Å². The van der Waals surface area contributed by atoms with Crippen LogP contribution in [-0.4, -0.2) is 32.6 Å². The Bertz CT molecular complexity index is 1360. The van der Waals surface area contributed by atoms with Gasteiger partial charge >= 0.3 is 0 Å². The summed E-state index contributed by atoms with van der Waals surface area (Å²) in [4.78, 5) is 12.7. The first kappa shape index (κ1) is 19.1. The number of H-pyrrole nitrogens is 1. The zero-order valence-corrected chi connectivity index (χ0v) is 16.9. The standard InChI is InChI=1S/C25H23N5O/c26-17(13-16-14-27-21-10-4-1-7-18(16)21)15-28-24-19-8-2-5-11-22(19)29-25(30-24)20-9-3-6-12-23(20)31/h1-12,14,17,27,31H,13,15,26H2,(H,28,29,30)/t17-/m1/s1. The molecule has 2 heterocycles. The van der Waals surface area contributed by atoms with E-state index in [0.717, 1.165) is 22.8 Å². The summed E-state index contributed by atoms with van der Waals surface area (Å²) in [5, 5.41) is 15.8. The number of benzene rings is 3. The van der Waals surface area contributed by atoms with Crippen molar-refractivity contribution in [3.8, 4) is 17.1 Å². The van der Waals surface area contributed by atoms with Gasteiger partial charge in [-0.2, -0.15) is 0 Å². The summed E-state index contributed by atoms with van der Waals surface area (Å²) in [7, 11) is 0. The first-order chi connectivity index (χ1) is 15.2. The molecular formula is C25H23N5O. The molecule has 1 atom stereocenters. The molecule has 0 saturated heterocycles. The number of nitrogens with two attached hydrogens (primary N) is 1. The number of nitrogens with zero attached hydrogens (tertiary/aromatic N) is 2. The Morgan fingerprint density at radius 1 is 0.903 bits per heavy atom. The Morgan fingerprint density at radius 2 is 1.65 bits per heavy atom. The minimum absolute atomic E-state index is 0.0958. The van der Waals surface area contributed by atoms with Gasteiger partial charge in [0.05, 0.1) is 11.1 Å². The van der Waals surface area contributed by atoms with Crippen molar-refractivity contribution in [3.05, 3.63) is 84.6 Å². The molecule has 0 aliphatic rings. The van der Waals surface area contributed by atoms with E-state index in [1.54, 1.807) is 12.1 Å². The van der Waals surface area contributed by atoms with Crippen molar-refractivity contribution in [1.29, 1.82) is 0 Å². The molecular weight excluding hydrogens is 386 g/mol. The van der Waals surface area contributed by atoms with Gasteiger partial charge in [-0.05, 0) is 42.3 Å². The molecule has 0 unspecified atom stereocenters. The molecule has 0 saturated carbocycles. The van der Waals surface area contributed by atoms with Crippen molar-refractivity contribution in [2.45, 2.75) is 12.5 Å². The monoisotopic (exact) mass is 409 g/mol. The van der Waals surface area contributed by atoms with E-state index in [4.69, 9.17) is 10.7 Å². The first-order valence-corrected chi connectivity index (χ1v) is 10.3. The van der Waals surface area contributed by atoms with Crippen molar-refractivity contribution in [2.24, 2.45) is 5.73 Å². The number of aromatic nitrogens is 3. The zero-order valence-electron chi connectivity index (χ0n) is 16.9. The van der Waals surface area contributed by atoms with Crippen molar-refractivity contribution in [2.75, 3.05) is 11.9 Å². The van der Waals surface area contributed by atoms with E-state index in [9.17, 15) is 5.11 Å². The van der Waals surface area contributed by atoms with E-state index in [-0.39, 0.29) is 11.8 Å². The van der Waals surface area contributed by atoms with Crippen LogP contribution < -0.4 is 11.1 Å². The van der Waals surface area contributed by atoms with Gasteiger partial charge in [0, 0.05) is 35.1 Å². The highest BCUT2D eigenvalue weighted by Crippen LogP contribution is 2.30. The van der Waals surface area contributed by atoms with E-state index in [1.165, 1.54) is 10.9 Å². The molecule has 0 radical (unpaired) electrons. The maximum Gasteiger partial charge on any atom is 0.165 e. The lowest BCUT2D eigenvalue weighted by Gasteiger charge is -2.15. The quantitative estimate of drug-likeness (QED) is 0.332. The van der Waals surface area contributed by atoms with Gasteiger partial charge in [0.1, 0.15) is 11.6 Å². The number of rotatable bonds is 6. The molecule has 5 rings (SSSR count). The van der Waals surface area contributed by atoms with E-state index < -0.39 is 0 Å². The van der Waals surface area contributed by atoms with Crippen molar-refractivity contribution in [3.63, 3.8) is 0 Å². The fourth-order valence-electron chi connectivity index (χ4n) is 3.88. The van der Waals surface area contributed by atoms with Crippen LogP contribution in [0.25, 0.3) is 33.2 Å². The summed E-state index contributed by atoms with van der Waals surface area (Å²) >= 11 is 0. The summed E-state index contributed by atoms with van der Waals surface area (Å²) < 4.78 is 0. The molecule has 31 heavy (non-hydrogen) atoms. The van der Waals surface area contributed by atoms with Crippen LogP contribution in [0.3, 0.4) is 0 Å². The Balaban J connectivity index is 1.41. The second-order valence-corrected chi connectivity index (χ2v) is 7.63. The van der Waals surface area contributed by atoms with Gasteiger partial charge in [0.15, 0.2) is 5.82 Å². The Hall–Kier alpha value is -3.90. The predicted octanol–water partition coefficient (Wildman–Crippen LogP) is 4.47. The van der Waals surface area contributed by atoms with Crippen LogP contribution in [0.4, 0.5) is 5.82 Å². The Kier molecular flexibility index (Phi) is 4.98. The number of phenolic OH excluding ortho intramolecular Hbond substituents is 1. The van der Waals surface area contributed by atoms with E-state index >= 15 is 0 Å². The molecule has 0 fully saturated rings. The smallest absolute Gasteiger partial charge is 0.165 e. The number of hydrogen-bond acceptors (Lipinski definition) is 5. The number of anilines is 1. The van der Waals surface area contributed by atoms with Crippen LogP contribution in [0, 0.1) is 0 Å². The molecule has 3 aromatic carbocycles. The molecule has 5 N–H and O–H groups in total. The Morgan fingerprint density at radius 3 is 2.52 bits per heavy atom. The molecule has 0 aliphatic heterocycles. The normalized spacial score (nSPS) is 12.3. The SMILES string of the molecule is N[C@@H](CNc1nc(-c2ccccc2O)nc2ccccc12)Cc1c[nH]c2ccccc12. The average Bonchev–Trinajstić information content (AvgIpc) is 3.20. The second kappa shape index (κ2) is 8.08. The van der Waals surface area contributed by atoms with Gasteiger partial charge < -0.3 is 21.1 Å². The molecule has 6 heteroatoms. The van der Waals surface area contributed by atoms with Crippen LogP contribution in [0.1, 0.15) is 5.56 Å².